The quantitative estimate of drug-likeness (QED) is 0.708. The zero-order valence-electron chi connectivity index (χ0n) is 9.52. The molecule has 4 nitrogen and oxygen atoms in total. The molecule has 0 fully saturated rings. The molecule has 5 heteroatoms. The van der Waals surface area contributed by atoms with Gasteiger partial charge in [0, 0.05) is 5.56 Å². The number of rotatable bonds is 0. The van der Waals surface area contributed by atoms with Crippen molar-refractivity contribution < 1.29 is 4.79 Å². The van der Waals surface area contributed by atoms with Gasteiger partial charge < -0.3 is 5.32 Å². The van der Waals surface area contributed by atoms with Crippen LogP contribution in [-0.4, -0.2) is 27.3 Å². The fraction of sp³-hybridized carbons (Fsp3) is 0.250. The van der Waals surface area contributed by atoms with E-state index in [0.717, 1.165) is 11.3 Å². The van der Waals surface area contributed by atoms with Crippen molar-refractivity contribution >= 4 is 34.8 Å². The number of nitrogens with zero attached hydrogens (tertiary/aromatic N) is 2. The summed E-state index contributed by atoms with van der Waals surface area (Å²) in [6.45, 7) is 3.60. The standard InChI is InChI=1S/C12H11N3OS/c1-12(2)10(16)15-9(14-12)7-5-3-4-6-8(7)13-11(15)17/h3-6H,1-2H3,(H,13,17). The normalized spacial score (nSPS) is 20.6. The first-order valence-corrected chi connectivity index (χ1v) is 5.76. The largest absolute Gasteiger partial charge is 0.331 e. The third kappa shape index (κ3) is 1.32. The molecule has 0 spiro atoms. The lowest BCUT2D eigenvalue weighted by Gasteiger charge is -2.28. The van der Waals surface area contributed by atoms with Crippen LogP contribution in [0, 0.1) is 0 Å². The highest BCUT2D eigenvalue weighted by molar-refractivity contribution is 7.80. The van der Waals surface area contributed by atoms with Crippen molar-refractivity contribution in [2.45, 2.75) is 19.4 Å². The van der Waals surface area contributed by atoms with Crippen molar-refractivity contribution in [2.24, 2.45) is 4.99 Å². The summed E-state index contributed by atoms with van der Waals surface area (Å²) in [7, 11) is 0. The maximum absolute atomic E-state index is 12.2. The number of carbonyl (C=O) groups excluding carboxylic acids is 1. The number of benzene rings is 1. The van der Waals surface area contributed by atoms with Crippen molar-refractivity contribution in [3.8, 4) is 0 Å². The van der Waals surface area contributed by atoms with Crippen molar-refractivity contribution in [1.82, 2.24) is 4.90 Å². The Labute approximate surface area is 104 Å². The monoisotopic (exact) mass is 245 g/mol. The first-order chi connectivity index (χ1) is 8.00. The zero-order valence-corrected chi connectivity index (χ0v) is 10.3. The van der Waals surface area contributed by atoms with E-state index in [2.05, 4.69) is 10.3 Å². The summed E-state index contributed by atoms with van der Waals surface area (Å²) in [5.41, 5.74) is 1.08. The molecule has 1 aromatic carbocycles. The third-order valence-electron chi connectivity index (χ3n) is 2.94. The van der Waals surface area contributed by atoms with E-state index in [4.69, 9.17) is 12.2 Å². The molecule has 1 amide bonds. The molecule has 0 aliphatic carbocycles. The first-order valence-electron chi connectivity index (χ1n) is 5.35. The Morgan fingerprint density at radius 3 is 2.82 bits per heavy atom. The second-order valence-corrected chi connectivity index (χ2v) is 5.00. The summed E-state index contributed by atoms with van der Waals surface area (Å²) < 4.78 is 0. The summed E-state index contributed by atoms with van der Waals surface area (Å²) in [5, 5.41) is 3.46. The van der Waals surface area contributed by atoms with Crippen LogP contribution in [-0.2, 0) is 4.79 Å². The minimum absolute atomic E-state index is 0.0838. The highest BCUT2D eigenvalue weighted by Crippen LogP contribution is 2.32. The van der Waals surface area contributed by atoms with Crippen molar-refractivity contribution in [2.75, 3.05) is 5.32 Å². The van der Waals surface area contributed by atoms with Crippen LogP contribution in [0.2, 0.25) is 0 Å². The van der Waals surface area contributed by atoms with Crippen LogP contribution < -0.4 is 5.32 Å². The minimum Gasteiger partial charge on any atom is -0.331 e. The van der Waals surface area contributed by atoms with Crippen LogP contribution in [0.1, 0.15) is 19.4 Å². The molecule has 2 aliphatic rings. The molecule has 0 saturated heterocycles. The number of fused-ring (bicyclic) bond motifs is 3. The Balaban J connectivity index is 2.24. The van der Waals surface area contributed by atoms with Crippen LogP contribution in [0.25, 0.3) is 0 Å². The number of amides is 1. The van der Waals surface area contributed by atoms with Gasteiger partial charge in [-0.15, -0.1) is 0 Å². The van der Waals surface area contributed by atoms with Gasteiger partial charge in [0.1, 0.15) is 11.4 Å². The predicted octanol–water partition coefficient (Wildman–Crippen LogP) is 1.76. The summed E-state index contributed by atoms with van der Waals surface area (Å²) in [4.78, 5) is 18.1. The van der Waals surface area contributed by atoms with Gasteiger partial charge in [-0.3, -0.25) is 9.79 Å². The maximum Gasteiger partial charge on any atom is 0.261 e. The van der Waals surface area contributed by atoms with Crippen LogP contribution in [0.3, 0.4) is 0 Å². The van der Waals surface area contributed by atoms with Gasteiger partial charge in [0.15, 0.2) is 5.11 Å². The number of hydrogen-bond acceptors (Lipinski definition) is 3. The number of nitrogens with one attached hydrogen (secondary N) is 1. The molecule has 1 aromatic rings. The number of para-hydroxylation sites is 1. The molecule has 17 heavy (non-hydrogen) atoms. The smallest absolute Gasteiger partial charge is 0.261 e. The molecule has 0 unspecified atom stereocenters. The number of thiocarbonyl (C=S) groups is 1. The molecule has 1 N–H and O–H groups in total. The predicted molar refractivity (Wildman–Crippen MR) is 70.1 cm³/mol. The van der Waals surface area contributed by atoms with Gasteiger partial charge in [0.05, 0.1) is 5.69 Å². The molecule has 0 atom stereocenters. The Bertz CT molecular complexity index is 577. The third-order valence-corrected chi connectivity index (χ3v) is 3.22. The molecule has 0 aromatic heterocycles. The Morgan fingerprint density at radius 1 is 1.35 bits per heavy atom. The fourth-order valence-electron chi connectivity index (χ4n) is 2.06. The lowest BCUT2D eigenvalue weighted by molar-refractivity contribution is -0.127. The van der Waals surface area contributed by atoms with Gasteiger partial charge in [0.25, 0.3) is 5.91 Å². The van der Waals surface area contributed by atoms with Crippen LogP contribution in [0.4, 0.5) is 5.69 Å². The molecule has 0 bridgehead atoms. The average Bonchev–Trinajstić information content (AvgIpc) is 2.51. The molecule has 3 rings (SSSR count). The first kappa shape index (κ1) is 10.4. The Kier molecular flexibility index (Phi) is 1.92. The zero-order chi connectivity index (χ0) is 12.2. The summed E-state index contributed by atoms with van der Waals surface area (Å²) in [6, 6.07) is 7.71. The van der Waals surface area contributed by atoms with Crippen molar-refractivity contribution in [3.63, 3.8) is 0 Å². The lowest BCUT2D eigenvalue weighted by atomic mass is 10.1. The van der Waals surface area contributed by atoms with Gasteiger partial charge in [0.2, 0.25) is 0 Å². The fourth-order valence-corrected chi connectivity index (χ4v) is 2.34. The highest BCUT2D eigenvalue weighted by atomic mass is 32.1. The number of amidine groups is 1. The molecule has 0 saturated carbocycles. The van der Waals surface area contributed by atoms with Crippen LogP contribution >= 0.6 is 12.2 Å². The van der Waals surface area contributed by atoms with Gasteiger partial charge in [-0.25, -0.2) is 4.90 Å². The van der Waals surface area contributed by atoms with E-state index >= 15 is 0 Å². The second kappa shape index (κ2) is 3.13. The molecular formula is C12H11N3OS. The van der Waals surface area contributed by atoms with E-state index in [1.54, 1.807) is 13.8 Å². The number of hydrogen-bond donors (Lipinski definition) is 1. The second-order valence-electron chi connectivity index (χ2n) is 4.61. The van der Waals surface area contributed by atoms with E-state index in [1.165, 1.54) is 4.90 Å². The topological polar surface area (TPSA) is 44.7 Å². The molecular weight excluding hydrogens is 234 g/mol. The number of anilines is 1. The van der Waals surface area contributed by atoms with E-state index in [1.807, 2.05) is 24.3 Å². The van der Waals surface area contributed by atoms with Gasteiger partial charge in [-0.2, -0.15) is 0 Å². The van der Waals surface area contributed by atoms with E-state index in [9.17, 15) is 4.79 Å². The van der Waals surface area contributed by atoms with E-state index in [0.29, 0.717) is 10.9 Å². The van der Waals surface area contributed by atoms with Crippen molar-refractivity contribution in [1.29, 1.82) is 0 Å². The number of carbonyl (C=O) groups is 1. The molecule has 2 aliphatic heterocycles. The average molecular weight is 245 g/mol. The Morgan fingerprint density at radius 2 is 2.06 bits per heavy atom. The van der Waals surface area contributed by atoms with E-state index in [-0.39, 0.29) is 5.91 Å². The summed E-state index contributed by atoms with van der Waals surface area (Å²) >= 11 is 5.21. The highest BCUT2D eigenvalue weighted by Gasteiger charge is 2.45. The molecule has 0 radical (unpaired) electrons. The SMILES string of the molecule is CC1(C)N=C2c3ccccc3NC(=S)N2C1=O. The van der Waals surface area contributed by atoms with Gasteiger partial charge in [-0.05, 0) is 38.2 Å². The lowest BCUT2D eigenvalue weighted by Crippen LogP contribution is -2.48. The summed E-state index contributed by atoms with van der Waals surface area (Å²) in [5.74, 6) is 0.568. The Hall–Kier alpha value is -1.75. The molecule has 2 heterocycles. The van der Waals surface area contributed by atoms with Crippen LogP contribution in [0.15, 0.2) is 29.3 Å². The molecule has 86 valence electrons. The minimum atomic E-state index is -0.738. The van der Waals surface area contributed by atoms with Gasteiger partial charge in [-0.1, -0.05) is 12.1 Å². The van der Waals surface area contributed by atoms with E-state index < -0.39 is 5.54 Å². The number of aliphatic imine (C=N–C) groups is 1. The van der Waals surface area contributed by atoms with Crippen LogP contribution in [0.5, 0.6) is 0 Å². The van der Waals surface area contributed by atoms with Crippen molar-refractivity contribution in [3.05, 3.63) is 29.8 Å². The maximum atomic E-state index is 12.2. The summed E-state index contributed by atoms with van der Waals surface area (Å²) in [6.07, 6.45) is 0. The van der Waals surface area contributed by atoms with Gasteiger partial charge >= 0.3 is 0 Å².